The molecule has 0 aromatic heterocycles. The summed E-state index contributed by atoms with van der Waals surface area (Å²) in [6, 6.07) is 15.2. The van der Waals surface area contributed by atoms with Crippen LogP contribution in [0.15, 0.2) is 66.4 Å². The van der Waals surface area contributed by atoms with Crippen molar-refractivity contribution < 1.29 is 28.6 Å². The molecule has 7 heteroatoms. The van der Waals surface area contributed by atoms with E-state index in [1.165, 1.54) is 0 Å². The van der Waals surface area contributed by atoms with Gasteiger partial charge in [-0.05, 0) is 52.0 Å². The van der Waals surface area contributed by atoms with E-state index < -0.39 is 18.0 Å². The van der Waals surface area contributed by atoms with Gasteiger partial charge in [-0.2, -0.15) is 0 Å². The van der Waals surface area contributed by atoms with E-state index in [-0.39, 0.29) is 23.5 Å². The SMILES string of the molecule is CC(C)OC(=O)/C=C(/Oc1ccccc1NC(=O)c1ccccc1)C(=O)OC(C)C. The molecule has 1 amide bonds. The zero-order valence-corrected chi connectivity index (χ0v) is 17.4. The lowest BCUT2D eigenvalue weighted by Crippen LogP contribution is -2.20. The molecule has 0 bridgehead atoms. The summed E-state index contributed by atoms with van der Waals surface area (Å²) in [5, 5.41) is 2.74. The van der Waals surface area contributed by atoms with Crippen LogP contribution in [0.4, 0.5) is 5.69 Å². The average Bonchev–Trinajstić information content (AvgIpc) is 2.68. The minimum absolute atomic E-state index is 0.172. The van der Waals surface area contributed by atoms with Gasteiger partial charge in [0.15, 0.2) is 5.75 Å². The molecule has 0 unspecified atom stereocenters. The number of esters is 2. The number of ether oxygens (including phenoxy) is 3. The van der Waals surface area contributed by atoms with Crippen LogP contribution in [-0.2, 0) is 19.1 Å². The molecule has 2 aromatic carbocycles. The van der Waals surface area contributed by atoms with E-state index in [1.54, 1.807) is 76.2 Å². The zero-order valence-electron chi connectivity index (χ0n) is 17.4. The van der Waals surface area contributed by atoms with Crippen molar-refractivity contribution in [3.8, 4) is 5.75 Å². The lowest BCUT2D eigenvalue weighted by Gasteiger charge is -2.15. The van der Waals surface area contributed by atoms with Crippen molar-refractivity contribution in [2.75, 3.05) is 5.32 Å². The fourth-order valence-electron chi connectivity index (χ4n) is 2.34. The third kappa shape index (κ3) is 7.09. The molecule has 0 radical (unpaired) electrons. The highest BCUT2D eigenvalue weighted by atomic mass is 16.6. The second-order valence-corrected chi connectivity index (χ2v) is 6.87. The molecule has 1 N–H and O–H groups in total. The second-order valence-electron chi connectivity index (χ2n) is 6.87. The molecule has 0 saturated carbocycles. The topological polar surface area (TPSA) is 90.9 Å². The molecule has 0 fully saturated rings. The van der Waals surface area contributed by atoms with Gasteiger partial charge in [-0.1, -0.05) is 30.3 Å². The molecule has 7 nitrogen and oxygen atoms in total. The molecule has 0 spiro atoms. The first kappa shape index (κ1) is 22.7. The molecule has 2 rings (SSSR count). The van der Waals surface area contributed by atoms with Crippen LogP contribution in [0, 0.1) is 0 Å². The number of para-hydroxylation sites is 2. The first-order valence-electron chi connectivity index (χ1n) is 9.53. The summed E-state index contributed by atoms with van der Waals surface area (Å²) in [4.78, 5) is 36.9. The van der Waals surface area contributed by atoms with Gasteiger partial charge in [0.25, 0.3) is 5.91 Å². The number of hydrogen-bond donors (Lipinski definition) is 1. The van der Waals surface area contributed by atoms with E-state index in [0.717, 1.165) is 6.08 Å². The third-order valence-electron chi connectivity index (χ3n) is 3.54. The summed E-state index contributed by atoms with van der Waals surface area (Å²) >= 11 is 0. The minimum atomic E-state index is -0.824. The Morgan fingerprint density at radius 3 is 2.07 bits per heavy atom. The van der Waals surface area contributed by atoms with E-state index >= 15 is 0 Å². The number of hydrogen-bond acceptors (Lipinski definition) is 6. The lowest BCUT2D eigenvalue weighted by atomic mass is 10.2. The minimum Gasteiger partial charge on any atom is -0.460 e. The molecule has 0 aliphatic heterocycles. The van der Waals surface area contributed by atoms with Crippen LogP contribution < -0.4 is 10.1 Å². The number of anilines is 1. The fraction of sp³-hybridized carbons (Fsp3) is 0.261. The molecular weight excluding hydrogens is 386 g/mol. The largest absolute Gasteiger partial charge is 0.460 e. The van der Waals surface area contributed by atoms with Gasteiger partial charge >= 0.3 is 11.9 Å². The van der Waals surface area contributed by atoms with Gasteiger partial charge in [0, 0.05) is 5.56 Å². The molecule has 0 heterocycles. The Labute approximate surface area is 175 Å². The quantitative estimate of drug-likeness (QED) is 0.399. The van der Waals surface area contributed by atoms with E-state index in [9.17, 15) is 14.4 Å². The maximum atomic E-state index is 12.5. The van der Waals surface area contributed by atoms with Gasteiger partial charge < -0.3 is 19.5 Å². The third-order valence-corrected chi connectivity index (χ3v) is 3.54. The van der Waals surface area contributed by atoms with Crippen molar-refractivity contribution in [1.29, 1.82) is 0 Å². The first-order valence-corrected chi connectivity index (χ1v) is 9.53. The predicted octanol–water partition coefficient (Wildman–Crippen LogP) is 4.10. The van der Waals surface area contributed by atoms with Crippen molar-refractivity contribution >= 4 is 23.5 Å². The summed E-state index contributed by atoms with van der Waals surface area (Å²) in [5.74, 6) is -2.09. The number of amides is 1. The Morgan fingerprint density at radius 2 is 1.43 bits per heavy atom. The number of benzene rings is 2. The molecule has 0 aliphatic rings. The Bertz CT molecular complexity index is 918. The van der Waals surface area contributed by atoms with Gasteiger partial charge in [0.05, 0.1) is 24.0 Å². The Hall–Kier alpha value is -3.61. The summed E-state index contributed by atoms with van der Waals surface area (Å²) in [6.07, 6.45) is 0.146. The predicted molar refractivity (Wildman–Crippen MR) is 112 cm³/mol. The maximum absolute atomic E-state index is 12.5. The standard InChI is InChI=1S/C23H25NO6/c1-15(2)28-21(25)14-20(23(27)29-16(3)4)30-19-13-9-8-12-18(19)24-22(26)17-10-6-5-7-11-17/h5-16H,1-4H3,(H,24,26)/b20-14+. The van der Waals surface area contributed by atoms with Crippen LogP contribution in [-0.4, -0.2) is 30.1 Å². The highest BCUT2D eigenvalue weighted by molar-refractivity contribution is 6.05. The molecule has 2 aromatic rings. The summed E-state index contributed by atoms with van der Waals surface area (Å²) in [5.41, 5.74) is 0.787. The Kier molecular flexibility index (Phi) is 8.17. The van der Waals surface area contributed by atoms with E-state index in [2.05, 4.69) is 5.32 Å². The number of carbonyl (C=O) groups is 3. The van der Waals surface area contributed by atoms with E-state index in [4.69, 9.17) is 14.2 Å². The van der Waals surface area contributed by atoms with Gasteiger partial charge in [0.2, 0.25) is 5.76 Å². The van der Waals surface area contributed by atoms with Crippen molar-refractivity contribution in [3.63, 3.8) is 0 Å². The zero-order chi connectivity index (χ0) is 22.1. The van der Waals surface area contributed by atoms with Crippen molar-refractivity contribution in [2.24, 2.45) is 0 Å². The van der Waals surface area contributed by atoms with Crippen LogP contribution in [0.1, 0.15) is 38.1 Å². The van der Waals surface area contributed by atoms with Crippen LogP contribution in [0.2, 0.25) is 0 Å². The highest BCUT2D eigenvalue weighted by Gasteiger charge is 2.20. The highest BCUT2D eigenvalue weighted by Crippen LogP contribution is 2.27. The van der Waals surface area contributed by atoms with Crippen LogP contribution in [0.3, 0.4) is 0 Å². The normalized spacial score (nSPS) is 11.2. The monoisotopic (exact) mass is 411 g/mol. The summed E-state index contributed by atoms with van der Waals surface area (Å²) in [6.45, 7) is 6.73. The molecule has 0 saturated heterocycles. The summed E-state index contributed by atoms with van der Waals surface area (Å²) < 4.78 is 15.9. The maximum Gasteiger partial charge on any atom is 0.374 e. The number of nitrogens with one attached hydrogen (secondary N) is 1. The van der Waals surface area contributed by atoms with Crippen molar-refractivity contribution in [1.82, 2.24) is 0 Å². The van der Waals surface area contributed by atoms with E-state index in [0.29, 0.717) is 11.3 Å². The molecule has 158 valence electrons. The second kappa shape index (κ2) is 10.8. The average molecular weight is 411 g/mol. The Balaban J connectivity index is 2.29. The first-order chi connectivity index (χ1) is 14.3. The van der Waals surface area contributed by atoms with Gasteiger partial charge in [-0.25, -0.2) is 9.59 Å². The fourth-order valence-corrected chi connectivity index (χ4v) is 2.34. The molecular formula is C23H25NO6. The number of carbonyl (C=O) groups excluding carboxylic acids is 3. The van der Waals surface area contributed by atoms with Gasteiger partial charge in [0.1, 0.15) is 0 Å². The molecule has 0 aliphatic carbocycles. The van der Waals surface area contributed by atoms with E-state index in [1.807, 2.05) is 6.07 Å². The molecule has 30 heavy (non-hydrogen) atoms. The van der Waals surface area contributed by atoms with Gasteiger partial charge in [-0.15, -0.1) is 0 Å². The lowest BCUT2D eigenvalue weighted by molar-refractivity contribution is -0.147. The van der Waals surface area contributed by atoms with Crippen molar-refractivity contribution in [3.05, 3.63) is 72.0 Å². The summed E-state index contributed by atoms with van der Waals surface area (Å²) in [7, 11) is 0. The van der Waals surface area contributed by atoms with Crippen LogP contribution in [0.25, 0.3) is 0 Å². The van der Waals surface area contributed by atoms with Crippen LogP contribution in [0.5, 0.6) is 5.75 Å². The molecule has 0 atom stereocenters. The smallest absolute Gasteiger partial charge is 0.374 e. The Morgan fingerprint density at radius 1 is 0.833 bits per heavy atom. The van der Waals surface area contributed by atoms with Crippen LogP contribution >= 0.6 is 0 Å². The van der Waals surface area contributed by atoms with Gasteiger partial charge in [-0.3, -0.25) is 4.79 Å². The number of rotatable bonds is 8. The van der Waals surface area contributed by atoms with Crippen molar-refractivity contribution in [2.45, 2.75) is 39.9 Å².